The van der Waals surface area contributed by atoms with Gasteiger partial charge in [0, 0.05) is 6.61 Å². The Hall–Kier alpha value is 0.497. The van der Waals surface area contributed by atoms with E-state index in [1.54, 1.807) is 0 Å². The maximum absolute atomic E-state index is 5.72. The van der Waals surface area contributed by atoms with Crippen LogP contribution in [0.5, 0.6) is 0 Å². The second-order valence-corrected chi connectivity index (χ2v) is 7.74. The Morgan fingerprint density at radius 1 is 1.60 bits per heavy atom. The molecule has 0 N–H and O–H groups in total. The van der Waals surface area contributed by atoms with Crippen molar-refractivity contribution in [3.63, 3.8) is 0 Å². The first-order valence-electron chi connectivity index (χ1n) is 3.27. The minimum absolute atomic E-state index is 0.641. The van der Waals surface area contributed by atoms with Gasteiger partial charge in [-0.15, -0.1) is 28.7 Å². The summed E-state index contributed by atoms with van der Waals surface area (Å²) >= 11 is 11.4. The topological polar surface area (TPSA) is 9.23 Å². The summed E-state index contributed by atoms with van der Waals surface area (Å²) in [7, 11) is 0. The van der Waals surface area contributed by atoms with Crippen molar-refractivity contribution in [1.82, 2.24) is 0 Å². The van der Waals surface area contributed by atoms with Crippen molar-refractivity contribution >= 4 is 29.1 Å². The highest BCUT2D eigenvalue weighted by Gasteiger charge is 2.25. The number of halogens is 2. The van der Waals surface area contributed by atoms with Crippen molar-refractivity contribution in [2.24, 2.45) is 0 Å². The molecule has 0 radical (unpaired) electrons. The fourth-order valence-electron chi connectivity index (χ4n) is 0.412. The van der Waals surface area contributed by atoms with Crippen LogP contribution >= 0.6 is 22.2 Å². The lowest BCUT2D eigenvalue weighted by Crippen LogP contribution is -2.21. The Morgan fingerprint density at radius 2 is 2.20 bits per heavy atom. The zero-order valence-corrected chi connectivity index (χ0v) is 8.58. The molecular weight excluding hydrogens is 187 g/mol. The summed E-state index contributed by atoms with van der Waals surface area (Å²) < 4.78 is 5.17. The Morgan fingerprint density at radius 3 is 2.60 bits per heavy atom. The highest BCUT2D eigenvalue weighted by molar-refractivity contribution is 7.44. The van der Waals surface area contributed by atoms with E-state index in [1.807, 2.05) is 0 Å². The first-order valence-corrected chi connectivity index (χ1v) is 7.28. The maximum Gasteiger partial charge on any atom is 0.415 e. The molecule has 0 aromatic rings. The molecule has 0 amide bonds. The lowest BCUT2D eigenvalue weighted by Gasteiger charge is -2.11. The van der Waals surface area contributed by atoms with E-state index in [4.69, 9.17) is 26.6 Å². The van der Waals surface area contributed by atoms with Crippen LogP contribution in [0.2, 0.25) is 0 Å². The van der Waals surface area contributed by atoms with Gasteiger partial charge in [0.25, 0.3) is 0 Å². The van der Waals surface area contributed by atoms with Crippen molar-refractivity contribution in [1.29, 1.82) is 0 Å². The highest BCUT2D eigenvalue weighted by Crippen LogP contribution is 2.17. The van der Waals surface area contributed by atoms with Crippen molar-refractivity contribution in [2.45, 2.75) is 19.8 Å². The van der Waals surface area contributed by atoms with Crippen molar-refractivity contribution in [3.8, 4) is 0 Å². The fourth-order valence-corrected chi connectivity index (χ4v) is 1.41. The van der Waals surface area contributed by atoms with E-state index in [0.29, 0.717) is 6.61 Å². The average Bonchev–Trinajstić information content (AvgIpc) is 1.89. The molecule has 0 saturated carbocycles. The molecule has 0 fully saturated rings. The second kappa shape index (κ2) is 5.19. The second-order valence-electron chi connectivity index (χ2n) is 1.97. The van der Waals surface area contributed by atoms with Gasteiger partial charge in [0.15, 0.2) is 0 Å². The molecule has 0 rings (SSSR count). The third-order valence-electron chi connectivity index (χ3n) is 1.03. The Kier molecular flexibility index (Phi) is 5.45. The van der Waals surface area contributed by atoms with Crippen LogP contribution in [0.25, 0.3) is 0 Å². The van der Waals surface area contributed by atoms with Crippen LogP contribution in [0.1, 0.15) is 19.8 Å². The summed E-state index contributed by atoms with van der Waals surface area (Å²) in [6, 6.07) is 0. The van der Waals surface area contributed by atoms with E-state index in [0.717, 1.165) is 12.8 Å². The molecule has 0 aliphatic carbocycles. The van der Waals surface area contributed by atoms with Crippen LogP contribution in [-0.2, 0) is 4.43 Å². The largest absolute Gasteiger partial charge is 0.415 e. The lowest BCUT2D eigenvalue weighted by atomic mass is 10.4. The van der Waals surface area contributed by atoms with E-state index in [2.05, 4.69) is 13.5 Å². The molecule has 0 atom stereocenters. The van der Waals surface area contributed by atoms with E-state index < -0.39 is 6.94 Å². The van der Waals surface area contributed by atoms with E-state index in [-0.39, 0.29) is 0 Å². The predicted molar refractivity (Wildman–Crippen MR) is 48.5 cm³/mol. The number of hydrogen-bond acceptors (Lipinski definition) is 1. The van der Waals surface area contributed by atoms with Crippen molar-refractivity contribution in [2.75, 3.05) is 6.61 Å². The summed E-state index contributed by atoms with van der Waals surface area (Å²) in [5.74, 6) is 0. The van der Waals surface area contributed by atoms with Crippen LogP contribution in [-0.4, -0.2) is 13.5 Å². The Bertz CT molecular complexity index is 106. The predicted octanol–water partition coefficient (Wildman–Crippen LogP) is 2.94. The minimum atomic E-state index is -2.51. The van der Waals surface area contributed by atoms with Gasteiger partial charge in [0.1, 0.15) is 0 Å². The van der Waals surface area contributed by atoms with Crippen LogP contribution < -0.4 is 0 Å². The van der Waals surface area contributed by atoms with Crippen LogP contribution in [0.4, 0.5) is 0 Å². The number of unbranched alkanes of at least 4 members (excludes halogenated alkanes) is 1. The van der Waals surface area contributed by atoms with Crippen molar-refractivity contribution < 1.29 is 4.43 Å². The molecule has 10 heavy (non-hydrogen) atoms. The van der Waals surface area contributed by atoms with Crippen molar-refractivity contribution in [3.05, 3.63) is 12.3 Å². The molecule has 4 heteroatoms. The quantitative estimate of drug-likeness (QED) is 0.375. The first kappa shape index (κ1) is 10.5. The fraction of sp³-hybridized carbons (Fsp3) is 0.667. The van der Waals surface area contributed by atoms with Gasteiger partial charge in [-0.3, -0.25) is 0 Å². The van der Waals surface area contributed by atoms with E-state index >= 15 is 0 Å². The van der Waals surface area contributed by atoms with Gasteiger partial charge < -0.3 is 4.43 Å². The number of rotatable bonds is 5. The normalized spacial score (nSPS) is 11.5. The highest BCUT2D eigenvalue weighted by atomic mass is 35.7. The van der Waals surface area contributed by atoms with Gasteiger partial charge in [-0.2, -0.15) is 0 Å². The first-order chi connectivity index (χ1) is 4.62. The summed E-state index contributed by atoms with van der Waals surface area (Å²) in [5, 5.41) is 0. The van der Waals surface area contributed by atoms with Gasteiger partial charge >= 0.3 is 6.94 Å². The van der Waals surface area contributed by atoms with Crippen LogP contribution in [0, 0.1) is 0 Å². The van der Waals surface area contributed by atoms with Crippen LogP contribution in [0.15, 0.2) is 12.3 Å². The molecule has 0 heterocycles. The monoisotopic (exact) mass is 198 g/mol. The molecule has 0 spiro atoms. The molecule has 60 valence electrons. The Balaban J connectivity index is 3.37. The average molecular weight is 199 g/mol. The molecular formula is C6H12Cl2OSi. The third kappa shape index (κ3) is 5.29. The van der Waals surface area contributed by atoms with E-state index in [9.17, 15) is 0 Å². The molecule has 0 aliphatic rings. The minimum Gasteiger partial charge on any atom is -0.389 e. The molecule has 0 saturated heterocycles. The van der Waals surface area contributed by atoms with E-state index in [1.165, 1.54) is 5.70 Å². The van der Waals surface area contributed by atoms with Gasteiger partial charge in [-0.1, -0.05) is 13.3 Å². The maximum atomic E-state index is 5.72. The lowest BCUT2D eigenvalue weighted by molar-refractivity contribution is 0.322. The molecule has 0 aromatic carbocycles. The molecule has 0 unspecified atom stereocenters. The zero-order valence-electron chi connectivity index (χ0n) is 6.07. The third-order valence-corrected chi connectivity index (χ3v) is 3.67. The Labute approximate surface area is 72.5 Å². The standard InChI is InChI=1S/C6H12Cl2OSi/c1-3-5-6-9-10(7,8)4-2/h4H,2-3,5-6H2,1H3. The SMILES string of the molecule is C=C[Si](Cl)(Cl)OCCCC. The van der Waals surface area contributed by atoms with Gasteiger partial charge in [0.2, 0.25) is 0 Å². The summed E-state index contributed by atoms with van der Waals surface area (Å²) in [4.78, 5) is 0. The molecule has 0 aromatic heterocycles. The summed E-state index contributed by atoms with van der Waals surface area (Å²) in [6.45, 7) is 3.70. The molecule has 0 bridgehead atoms. The summed E-state index contributed by atoms with van der Waals surface area (Å²) in [6.07, 6.45) is 2.09. The van der Waals surface area contributed by atoms with Gasteiger partial charge in [0.05, 0.1) is 0 Å². The van der Waals surface area contributed by atoms with Gasteiger partial charge in [-0.25, -0.2) is 0 Å². The number of hydrogen-bond donors (Lipinski definition) is 0. The summed E-state index contributed by atoms with van der Waals surface area (Å²) in [5.41, 5.74) is 1.51. The molecule has 0 aliphatic heterocycles. The zero-order chi connectivity index (χ0) is 8.04. The van der Waals surface area contributed by atoms with Crippen LogP contribution in [0.3, 0.4) is 0 Å². The smallest absolute Gasteiger partial charge is 0.389 e. The molecule has 1 nitrogen and oxygen atoms in total. The van der Waals surface area contributed by atoms with Gasteiger partial charge in [-0.05, 0) is 12.1 Å².